The molecular weight excluding hydrogens is 415 g/mol. The van der Waals surface area contributed by atoms with Gasteiger partial charge in [0.25, 0.3) is 0 Å². The van der Waals surface area contributed by atoms with Crippen molar-refractivity contribution in [1.29, 1.82) is 0 Å². The lowest BCUT2D eigenvalue weighted by Gasteiger charge is -2.22. The summed E-state index contributed by atoms with van der Waals surface area (Å²) in [5, 5.41) is 4.13. The summed E-state index contributed by atoms with van der Waals surface area (Å²) in [6, 6.07) is 1.98. The number of guanidine groups is 1. The number of nitrogens with zero attached hydrogens (tertiary/aromatic N) is 3. The van der Waals surface area contributed by atoms with Gasteiger partial charge in [-0.3, -0.25) is 4.99 Å². The van der Waals surface area contributed by atoms with Crippen LogP contribution in [0.2, 0.25) is 5.02 Å². The number of hydrogen-bond donors (Lipinski definition) is 1. The normalized spacial score (nSPS) is 11.2. The maximum Gasteiger partial charge on any atom is 0.193 e. The Balaban J connectivity index is 0.00000441. The van der Waals surface area contributed by atoms with E-state index in [-0.39, 0.29) is 24.0 Å². The van der Waals surface area contributed by atoms with Crippen molar-refractivity contribution in [3.05, 3.63) is 23.0 Å². The third-order valence-corrected chi connectivity index (χ3v) is 3.46. The highest BCUT2D eigenvalue weighted by Gasteiger charge is 2.09. The fourth-order valence-electron chi connectivity index (χ4n) is 2.10. The van der Waals surface area contributed by atoms with E-state index < -0.39 is 0 Å². The van der Waals surface area contributed by atoms with Crippen molar-refractivity contribution >= 4 is 41.5 Å². The molecule has 1 heterocycles. The minimum absolute atomic E-state index is 0. The molecule has 5 nitrogen and oxygen atoms in total. The second kappa shape index (κ2) is 12.0. The van der Waals surface area contributed by atoms with E-state index >= 15 is 0 Å². The Kier molecular flexibility index (Phi) is 11.8. The third kappa shape index (κ3) is 7.69. The predicted molar refractivity (Wildman–Crippen MR) is 104 cm³/mol. The Labute approximate surface area is 156 Å². The topological polar surface area (TPSA) is 41.8 Å². The number of halogens is 2. The van der Waals surface area contributed by atoms with Crippen LogP contribution in [-0.2, 0) is 18.3 Å². The van der Waals surface area contributed by atoms with Gasteiger partial charge in [-0.1, -0.05) is 11.6 Å². The van der Waals surface area contributed by atoms with Gasteiger partial charge in [-0.2, -0.15) is 0 Å². The minimum Gasteiger partial charge on any atom is -0.382 e. The number of hydrogen-bond acceptors (Lipinski definition) is 2. The molecule has 1 aromatic heterocycles. The summed E-state index contributed by atoms with van der Waals surface area (Å²) >= 11 is 6.01. The van der Waals surface area contributed by atoms with E-state index in [0.29, 0.717) is 0 Å². The first-order chi connectivity index (χ1) is 10.1. The zero-order chi connectivity index (χ0) is 15.7. The van der Waals surface area contributed by atoms with Crippen molar-refractivity contribution in [1.82, 2.24) is 14.8 Å². The van der Waals surface area contributed by atoms with Gasteiger partial charge in [-0.15, -0.1) is 24.0 Å². The van der Waals surface area contributed by atoms with E-state index in [4.69, 9.17) is 16.3 Å². The number of aromatic nitrogens is 1. The first kappa shape index (κ1) is 21.5. The SMILES string of the molecule is CCOCCCCNC(=NC)N(C)Cc1cc(Cl)cn1C.I. The molecule has 0 aliphatic carbocycles. The van der Waals surface area contributed by atoms with Gasteiger partial charge in [0.2, 0.25) is 0 Å². The van der Waals surface area contributed by atoms with Crippen LogP contribution < -0.4 is 5.32 Å². The van der Waals surface area contributed by atoms with E-state index in [1.165, 1.54) is 0 Å². The van der Waals surface area contributed by atoms with Gasteiger partial charge in [0.15, 0.2) is 5.96 Å². The van der Waals surface area contributed by atoms with Gasteiger partial charge >= 0.3 is 0 Å². The van der Waals surface area contributed by atoms with Crippen molar-refractivity contribution in [2.24, 2.45) is 12.0 Å². The molecule has 0 bridgehead atoms. The average Bonchev–Trinajstić information content (AvgIpc) is 2.76. The molecule has 1 rings (SSSR count). The third-order valence-electron chi connectivity index (χ3n) is 3.25. The molecule has 0 aliphatic rings. The van der Waals surface area contributed by atoms with E-state index in [9.17, 15) is 0 Å². The van der Waals surface area contributed by atoms with Crippen molar-refractivity contribution in [3.63, 3.8) is 0 Å². The number of unbranched alkanes of at least 4 members (excludes halogenated alkanes) is 1. The van der Waals surface area contributed by atoms with Gasteiger partial charge in [-0.05, 0) is 25.8 Å². The fraction of sp³-hybridized carbons (Fsp3) is 0.667. The van der Waals surface area contributed by atoms with Crippen LogP contribution in [0.5, 0.6) is 0 Å². The lowest BCUT2D eigenvalue weighted by molar-refractivity contribution is 0.143. The van der Waals surface area contributed by atoms with Crippen LogP contribution >= 0.6 is 35.6 Å². The van der Waals surface area contributed by atoms with Crippen LogP contribution in [0.25, 0.3) is 0 Å². The van der Waals surface area contributed by atoms with Crippen LogP contribution in [0.4, 0.5) is 0 Å². The van der Waals surface area contributed by atoms with Crippen LogP contribution in [-0.4, -0.2) is 49.3 Å². The summed E-state index contributed by atoms with van der Waals surface area (Å²) in [6.07, 6.45) is 4.05. The Bertz CT molecular complexity index is 451. The van der Waals surface area contributed by atoms with Crippen molar-refractivity contribution in [2.75, 3.05) is 33.9 Å². The van der Waals surface area contributed by atoms with Gasteiger partial charge < -0.3 is 19.5 Å². The summed E-state index contributed by atoms with van der Waals surface area (Å²) in [6.45, 7) is 5.30. The number of rotatable bonds is 8. The predicted octanol–water partition coefficient (Wildman–Crippen LogP) is 3.12. The highest BCUT2D eigenvalue weighted by atomic mass is 127. The summed E-state index contributed by atoms with van der Waals surface area (Å²) in [4.78, 5) is 6.40. The summed E-state index contributed by atoms with van der Waals surface area (Å²) in [5.41, 5.74) is 1.15. The summed E-state index contributed by atoms with van der Waals surface area (Å²) in [5.74, 6) is 0.892. The smallest absolute Gasteiger partial charge is 0.193 e. The van der Waals surface area contributed by atoms with Crippen LogP contribution in [0, 0.1) is 0 Å². The molecule has 1 aromatic rings. The zero-order valence-electron chi connectivity index (χ0n) is 13.9. The van der Waals surface area contributed by atoms with E-state index in [1.807, 2.05) is 37.8 Å². The average molecular weight is 443 g/mol. The Morgan fingerprint density at radius 1 is 1.45 bits per heavy atom. The molecule has 0 aliphatic heterocycles. The molecule has 128 valence electrons. The summed E-state index contributed by atoms with van der Waals surface area (Å²) < 4.78 is 7.36. The molecule has 0 radical (unpaired) electrons. The van der Waals surface area contributed by atoms with E-state index in [0.717, 1.165) is 55.8 Å². The molecule has 0 unspecified atom stereocenters. The largest absolute Gasteiger partial charge is 0.382 e. The number of ether oxygens (including phenoxy) is 1. The quantitative estimate of drug-likeness (QED) is 0.291. The Morgan fingerprint density at radius 3 is 2.73 bits per heavy atom. The molecule has 0 spiro atoms. The Hall–Kier alpha value is -0.470. The molecular formula is C15H28ClIN4O. The monoisotopic (exact) mass is 442 g/mol. The molecule has 0 aromatic carbocycles. The first-order valence-electron chi connectivity index (χ1n) is 7.38. The highest BCUT2D eigenvalue weighted by molar-refractivity contribution is 14.0. The van der Waals surface area contributed by atoms with Gasteiger partial charge in [0.05, 0.1) is 11.6 Å². The van der Waals surface area contributed by atoms with Crippen molar-refractivity contribution < 1.29 is 4.74 Å². The fourth-order valence-corrected chi connectivity index (χ4v) is 2.37. The van der Waals surface area contributed by atoms with Crippen LogP contribution in [0.1, 0.15) is 25.5 Å². The molecule has 0 amide bonds. The van der Waals surface area contributed by atoms with Crippen LogP contribution in [0.15, 0.2) is 17.3 Å². The lowest BCUT2D eigenvalue weighted by Crippen LogP contribution is -2.39. The minimum atomic E-state index is 0. The van der Waals surface area contributed by atoms with Gasteiger partial charge in [-0.25, -0.2) is 0 Å². The van der Waals surface area contributed by atoms with Crippen LogP contribution in [0.3, 0.4) is 0 Å². The van der Waals surface area contributed by atoms with Gasteiger partial charge in [0.1, 0.15) is 0 Å². The lowest BCUT2D eigenvalue weighted by atomic mass is 10.3. The zero-order valence-corrected chi connectivity index (χ0v) is 17.0. The molecule has 0 saturated heterocycles. The molecule has 22 heavy (non-hydrogen) atoms. The second-order valence-corrected chi connectivity index (χ2v) is 5.43. The molecule has 0 saturated carbocycles. The maximum atomic E-state index is 6.01. The van der Waals surface area contributed by atoms with E-state index in [2.05, 4.69) is 15.2 Å². The number of nitrogens with one attached hydrogen (secondary N) is 1. The van der Waals surface area contributed by atoms with Crippen molar-refractivity contribution in [3.8, 4) is 0 Å². The second-order valence-electron chi connectivity index (χ2n) is 4.99. The van der Waals surface area contributed by atoms with Crippen molar-refractivity contribution in [2.45, 2.75) is 26.3 Å². The molecule has 0 fully saturated rings. The standard InChI is InChI=1S/C15H27ClN4O.HI/c1-5-21-9-7-6-8-18-15(17-2)20(4)12-14-10-13(16)11-19(14)3;/h10-11H,5-9,12H2,1-4H3,(H,17,18);1H. The number of aliphatic imine (C=N–C) groups is 1. The van der Waals surface area contributed by atoms with E-state index in [1.54, 1.807) is 7.05 Å². The highest BCUT2D eigenvalue weighted by Crippen LogP contribution is 2.14. The molecule has 1 N–H and O–H groups in total. The molecule has 7 heteroatoms. The Morgan fingerprint density at radius 2 is 2.18 bits per heavy atom. The summed E-state index contributed by atoms with van der Waals surface area (Å²) in [7, 11) is 5.83. The number of aryl methyl sites for hydroxylation is 1. The van der Waals surface area contributed by atoms with Gasteiger partial charge in [0, 0.05) is 52.8 Å². The maximum absolute atomic E-state index is 6.01. The molecule has 0 atom stereocenters. The first-order valence-corrected chi connectivity index (χ1v) is 7.76.